The lowest BCUT2D eigenvalue weighted by molar-refractivity contribution is 0.0618. The Bertz CT molecular complexity index is 883. The molecule has 2 aromatic rings. The van der Waals surface area contributed by atoms with Crippen LogP contribution in [0, 0.1) is 9.49 Å². The Hall–Kier alpha value is -1.11. The molecule has 0 unspecified atom stereocenters. The number of nitrogens with one attached hydrogen (secondary N) is 1. The quantitative estimate of drug-likeness (QED) is 0.207. The summed E-state index contributed by atoms with van der Waals surface area (Å²) < 4.78 is 14.9. The lowest BCUT2D eigenvalue weighted by atomic mass is 9.82. The Morgan fingerprint density at radius 2 is 2.14 bits per heavy atom. The van der Waals surface area contributed by atoms with Crippen LogP contribution in [-0.4, -0.2) is 53.1 Å². The highest BCUT2D eigenvalue weighted by Gasteiger charge is 2.32. The van der Waals surface area contributed by atoms with Gasteiger partial charge in [-0.1, -0.05) is 19.6 Å². The number of nitrogens with zero attached hydrogens (tertiary/aromatic N) is 3. The second kappa shape index (κ2) is 9.35. The number of amides is 1. The van der Waals surface area contributed by atoms with Gasteiger partial charge in [0.1, 0.15) is 12.8 Å². The number of hydrogen-bond donors (Lipinski definition) is 2. The molecule has 160 valence electrons. The van der Waals surface area contributed by atoms with Crippen LogP contribution in [0.1, 0.15) is 12.8 Å². The standard InChI is InChI=1S/C18H26ClIN4O4Si/c1-29(2,3)5-4-27-10-24-9-13(20)14-15(24)22-17(19)23-16(14)28-12-6-11(7-12)8-21-18(25)26/h9,11-12,21H,4-8,10H2,1-3H3,(H,25,26)/t11-,12-. The minimum atomic E-state index is -1.14. The fraction of sp³-hybridized carbons (Fsp3) is 0.611. The Morgan fingerprint density at radius 1 is 1.41 bits per heavy atom. The summed E-state index contributed by atoms with van der Waals surface area (Å²) in [5, 5.41) is 12.1. The van der Waals surface area contributed by atoms with Crippen molar-refractivity contribution in [1.29, 1.82) is 0 Å². The van der Waals surface area contributed by atoms with E-state index < -0.39 is 14.2 Å². The first-order valence-electron chi connectivity index (χ1n) is 9.55. The molecule has 1 saturated carbocycles. The highest BCUT2D eigenvalue weighted by molar-refractivity contribution is 14.1. The summed E-state index contributed by atoms with van der Waals surface area (Å²) in [7, 11) is -1.14. The van der Waals surface area contributed by atoms with E-state index in [-0.39, 0.29) is 17.3 Å². The molecule has 0 bridgehead atoms. The molecule has 0 saturated heterocycles. The van der Waals surface area contributed by atoms with Crippen LogP contribution >= 0.6 is 34.2 Å². The number of fused-ring (bicyclic) bond motifs is 1. The van der Waals surface area contributed by atoms with Gasteiger partial charge in [0.25, 0.3) is 0 Å². The summed E-state index contributed by atoms with van der Waals surface area (Å²) in [5.41, 5.74) is 0.695. The molecule has 0 spiro atoms. The van der Waals surface area contributed by atoms with Crippen molar-refractivity contribution in [3.05, 3.63) is 15.1 Å². The second-order valence-electron chi connectivity index (χ2n) is 8.55. The van der Waals surface area contributed by atoms with Gasteiger partial charge in [-0.05, 0) is 59.0 Å². The van der Waals surface area contributed by atoms with Crippen LogP contribution in [-0.2, 0) is 11.5 Å². The molecule has 0 aromatic carbocycles. The van der Waals surface area contributed by atoms with Crippen LogP contribution in [0.2, 0.25) is 31.0 Å². The Balaban J connectivity index is 1.66. The fourth-order valence-electron chi connectivity index (χ4n) is 3.13. The van der Waals surface area contributed by atoms with E-state index in [9.17, 15) is 4.79 Å². The first-order chi connectivity index (χ1) is 13.6. The molecule has 1 aliphatic carbocycles. The molecular formula is C18H26ClIN4O4Si. The van der Waals surface area contributed by atoms with Crippen molar-refractivity contribution >= 4 is 59.4 Å². The molecule has 1 aliphatic rings. The monoisotopic (exact) mass is 552 g/mol. The topological polar surface area (TPSA) is 98.5 Å². The third-order valence-electron chi connectivity index (χ3n) is 4.85. The summed E-state index contributed by atoms with van der Waals surface area (Å²) in [6.45, 7) is 8.54. The second-order valence-corrected chi connectivity index (χ2v) is 15.7. The van der Waals surface area contributed by atoms with E-state index in [0.29, 0.717) is 24.8 Å². The highest BCUT2D eigenvalue weighted by Crippen LogP contribution is 2.35. The minimum Gasteiger partial charge on any atom is -0.474 e. The van der Waals surface area contributed by atoms with Gasteiger partial charge in [0.15, 0.2) is 5.65 Å². The maximum absolute atomic E-state index is 10.6. The van der Waals surface area contributed by atoms with Crippen LogP contribution in [0.3, 0.4) is 0 Å². The number of halogens is 2. The zero-order valence-electron chi connectivity index (χ0n) is 16.7. The van der Waals surface area contributed by atoms with Crippen LogP contribution in [0.15, 0.2) is 6.20 Å². The lowest BCUT2D eigenvalue weighted by Crippen LogP contribution is -2.40. The van der Waals surface area contributed by atoms with E-state index in [0.717, 1.165) is 34.4 Å². The highest BCUT2D eigenvalue weighted by atomic mass is 127. The SMILES string of the molecule is C[Si](C)(C)CCOCn1cc(I)c2c(O[C@H]3C[C@H](CNC(=O)O)C3)nc(Cl)nc21. The summed E-state index contributed by atoms with van der Waals surface area (Å²) in [6, 6.07) is 1.10. The molecule has 29 heavy (non-hydrogen) atoms. The molecule has 1 amide bonds. The van der Waals surface area contributed by atoms with Crippen molar-refractivity contribution < 1.29 is 19.4 Å². The zero-order chi connectivity index (χ0) is 21.2. The van der Waals surface area contributed by atoms with E-state index in [1.165, 1.54) is 0 Å². The van der Waals surface area contributed by atoms with Gasteiger partial charge >= 0.3 is 6.09 Å². The molecule has 8 nitrogen and oxygen atoms in total. The van der Waals surface area contributed by atoms with Crippen LogP contribution in [0.5, 0.6) is 5.88 Å². The maximum Gasteiger partial charge on any atom is 0.404 e. The molecule has 11 heteroatoms. The van der Waals surface area contributed by atoms with Crippen molar-refractivity contribution in [2.75, 3.05) is 13.2 Å². The summed E-state index contributed by atoms with van der Waals surface area (Å²) >= 11 is 8.40. The van der Waals surface area contributed by atoms with E-state index in [1.807, 2.05) is 10.8 Å². The maximum atomic E-state index is 10.6. The van der Waals surface area contributed by atoms with E-state index in [2.05, 4.69) is 57.5 Å². The van der Waals surface area contributed by atoms with Gasteiger partial charge in [0.05, 0.1) is 5.39 Å². The van der Waals surface area contributed by atoms with E-state index in [4.69, 9.17) is 26.2 Å². The van der Waals surface area contributed by atoms with Crippen molar-refractivity contribution in [3.8, 4) is 5.88 Å². The van der Waals surface area contributed by atoms with Crippen LogP contribution < -0.4 is 10.1 Å². The molecule has 0 radical (unpaired) electrons. The third-order valence-corrected chi connectivity index (χ3v) is 7.54. The Kier molecular flexibility index (Phi) is 7.28. The predicted octanol–water partition coefficient (Wildman–Crippen LogP) is 4.43. The average molecular weight is 553 g/mol. The lowest BCUT2D eigenvalue weighted by Gasteiger charge is -2.34. The number of carbonyl (C=O) groups is 1. The van der Waals surface area contributed by atoms with Crippen LogP contribution in [0.25, 0.3) is 11.0 Å². The summed E-state index contributed by atoms with van der Waals surface area (Å²) in [5.74, 6) is 0.757. The smallest absolute Gasteiger partial charge is 0.404 e. The van der Waals surface area contributed by atoms with Gasteiger partial charge in [0, 0.05) is 31.0 Å². The van der Waals surface area contributed by atoms with Crippen molar-refractivity contribution in [1.82, 2.24) is 19.9 Å². The normalized spacial score (nSPS) is 19.2. The third kappa shape index (κ3) is 6.19. The molecule has 2 N–H and O–H groups in total. The van der Waals surface area contributed by atoms with E-state index >= 15 is 0 Å². The van der Waals surface area contributed by atoms with Gasteiger partial charge in [-0.3, -0.25) is 0 Å². The largest absolute Gasteiger partial charge is 0.474 e. The first kappa shape index (κ1) is 22.6. The van der Waals surface area contributed by atoms with Crippen LogP contribution in [0.4, 0.5) is 4.79 Å². The van der Waals surface area contributed by atoms with Crippen molar-refractivity contribution in [3.63, 3.8) is 0 Å². The zero-order valence-corrected chi connectivity index (χ0v) is 20.7. The number of hydrogen-bond acceptors (Lipinski definition) is 5. The Labute approximate surface area is 189 Å². The number of rotatable bonds is 9. The molecule has 0 atom stereocenters. The molecule has 2 heterocycles. The van der Waals surface area contributed by atoms with Gasteiger partial charge in [-0.2, -0.15) is 9.97 Å². The summed E-state index contributed by atoms with van der Waals surface area (Å²) in [4.78, 5) is 19.3. The Morgan fingerprint density at radius 3 is 2.79 bits per heavy atom. The number of ether oxygens (including phenoxy) is 2. The summed E-state index contributed by atoms with van der Waals surface area (Å²) in [6.07, 6.45) is 2.53. The molecule has 3 rings (SSSR count). The van der Waals surface area contributed by atoms with E-state index in [1.54, 1.807) is 0 Å². The molecule has 2 aromatic heterocycles. The van der Waals surface area contributed by atoms with Gasteiger partial charge < -0.3 is 24.5 Å². The fourth-order valence-corrected chi connectivity index (χ4v) is 4.86. The predicted molar refractivity (Wildman–Crippen MR) is 123 cm³/mol. The van der Waals surface area contributed by atoms with Crippen molar-refractivity contribution in [2.45, 2.75) is 51.4 Å². The molecule has 1 fully saturated rings. The van der Waals surface area contributed by atoms with Gasteiger partial charge in [-0.15, -0.1) is 0 Å². The van der Waals surface area contributed by atoms with Gasteiger partial charge in [0.2, 0.25) is 11.2 Å². The average Bonchev–Trinajstić information content (AvgIpc) is 2.88. The first-order valence-corrected chi connectivity index (χ1v) is 14.7. The minimum absolute atomic E-state index is 0.00286. The van der Waals surface area contributed by atoms with Gasteiger partial charge in [-0.25, -0.2) is 4.79 Å². The molecular weight excluding hydrogens is 527 g/mol. The van der Waals surface area contributed by atoms with Crippen molar-refractivity contribution in [2.24, 2.45) is 5.92 Å². The number of aromatic nitrogens is 3. The number of carboxylic acid groups (broad SMARTS) is 1. The molecule has 0 aliphatic heterocycles.